The van der Waals surface area contributed by atoms with Crippen LogP contribution in [0.1, 0.15) is 34.1 Å². The predicted octanol–water partition coefficient (Wildman–Crippen LogP) is 1.22. The van der Waals surface area contributed by atoms with Gasteiger partial charge in [0.2, 0.25) is 0 Å². The molecule has 3 heteroatoms. The fraction of sp³-hybridized carbons (Fsp3) is 1.00. The normalized spacial score (nSPS) is 30.2. The lowest BCUT2D eigenvalue weighted by atomic mass is 10.0. The van der Waals surface area contributed by atoms with Crippen LogP contribution in [0.25, 0.3) is 0 Å². The summed E-state index contributed by atoms with van der Waals surface area (Å²) in [5.74, 6) is 0. The van der Waals surface area contributed by atoms with Gasteiger partial charge >= 0.3 is 0 Å². The smallest absolute Gasteiger partial charge is 0.0757 e. The second-order valence-corrected chi connectivity index (χ2v) is 5.04. The van der Waals surface area contributed by atoms with Crippen molar-refractivity contribution in [2.45, 2.75) is 51.9 Å². The molecule has 1 fully saturated rings. The Kier molecular flexibility index (Phi) is 3.93. The Morgan fingerprint density at radius 3 is 2.71 bits per heavy atom. The molecule has 2 atom stereocenters. The van der Waals surface area contributed by atoms with Crippen LogP contribution >= 0.6 is 0 Å². The van der Waals surface area contributed by atoms with Crippen LogP contribution in [0.15, 0.2) is 0 Å². The Balaban J connectivity index is 2.53. The largest absolute Gasteiger partial charge is 0.370 e. The van der Waals surface area contributed by atoms with Crippen molar-refractivity contribution in [3.63, 3.8) is 0 Å². The van der Waals surface area contributed by atoms with Crippen LogP contribution in [0, 0.1) is 0 Å². The number of hydrogen-bond donors (Lipinski definition) is 1. The minimum absolute atomic E-state index is 0.0134. The van der Waals surface area contributed by atoms with Gasteiger partial charge in [0.1, 0.15) is 0 Å². The summed E-state index contributed by atoms with van der Waals surface area (Å²) < 4.78 is 5.86. The molecule has 0 spiro atoms. The second-order valence-electron chi connectivity index (χ2n) is 5.04. The van der Waals surface area contributed by atoms with Gasteiger partial charge in [-0.25, -0.2) is 0 Å². The quantitative estimate of drug-likeness (QED) is 0.744. The van der Waals surface area contributed by atoms with Crippen molar-refractivity contribution in [1.82, 2.24) is 4.90 Å². The maximum absolute atomic E-state index is 5.86. The van der Waals surface area contributed by atoms with Crippen molar-refractivity contribution in [2.24, 2.45) is 5.73 Å². The Morgan fingerprint density at radius 2 is 2.21 bits per heavy atom. The van der Waals surface area contributed by atoms with E-state index in [2.05, 4.69) is 32.6 Å². The van der Waals surface area contributed by atoms with Crippen molar-refractivity contribution >= 4 is 0 Å². The number of nitrogens with two attached hydrogens (primary N) is 1. The number of hydrogen-bond acceptors (Lipinski definition) is 3. The maximum atomic E-state index is 5.86. The zero-order valence-electron chi connectivity index (χ0n) is 9.92. The van der Waals surface area contributed by atoms with Crippen molar-refractivity contribution < 1.29 is 4.74 Å². The Hall–Kier alpha value is -0.120. The second kappa shape index (κ2) is 4.60. The van der Waals surface area contributed by atoms with E-state index >= 15 is 0 Å². The molecule has 0 aliphatic carbocycles. The summed E-state index contributed by atoms with van der Waals surface area (Å²) >= 11 is 0. The molecule has 0 aromatic rings. The standard InChI is InChI=1S/C11H24N2O/c1-9(5-6-12)13-7-10(2)14-11(3,4)8-13/h9-10H,5-8,12H2,1-4H3. The van der Waals surface area contributed by atoms with Crippen LogP contribution < -0.4 is 5.73 Å². The first-order valence-corrected chi connectivity index (χ1v) is 5.56. The highest BCUT2D eigenvalue weighted by molar-refractivity contribution is 4.85. The van der Waals surface area contributed by atoms with E-state index in [9.17, 15) is 0 Å². The topological polar surface area (TPSA) is 38.5 Å². The third kappa shape index (κ3) is 3.23. The molecule has 84 valence electrons. The first-order valence-electron chi connectivity index (χ1n) is 5.56. The molecule has 0 saturated carbocycles. The van der Waals surface area contributed by atoms with E-state index in [4.69, 9.17) is 10.5 Å². The lowest BCUT2D eigenvalue weighted by Gasteiger charge is -2.44. The predicted molar refractivity (Wildman–Crippen MR) is 59.3 cm³/mol. The van der Waals surface area contributed by atoms with Gasteiger partial charge in [-0.2, -0.15) is 0 Å². The maximum Gasteiger partial charge on any atom is 0.0757 e. The van der Waals surface area contributed by atoms with Crippen LogP contribution in [0.4, 0.5) is 0 Å². The van der Waals surface area contributed by atoms with E-state index in [1.807, 2.05) is 0 Å². The third-order valence-corrected chi connectivity index (χ3v) is 2.80. The minimum atomic E-state index is -0.0134. The fourth-order valence-electron chi connectivity index (χ4n) is 2.26. The molecule has 2 N–H and O–H groups in total. The molecule has 14 heavy (non-hydrogen) atoms. The molecule has 1 aliphatic heterocycles. The van der Waals surface area contributed by atoms with Crippen LogP contribution in [-0.2, 0) is 4.74 Å². The van der Waals surface area contributed by atoms with E-state index in [0.717, 1.165) is 26.1 Å². The molecule has 1 saturated heterocycles. The monoisotopic (exact) mass is 200 g/mol. The minimum Gasteiger partial charge on any atom is -0.370 e. The first kappa shape index (κ1) is 12.0. The van der Waals surface area contributed by atoms with E-state index < -0.39 is 0 Å². The van der Waals surface area contributed by atoms with Gasteiger partial charge in [0.25, 0.3) is 0 Å². The zero-order chi connectivity index (χ0) is 10.8. The molecule has 0 aromatic carbocycles. The molecular formula is C11H24N2O. The zero-order valence-corrected chi connectivity index (χ0v) is 9.92. The summed E-state index contributed by atoms with van der Waals surface area (Å²) in [6, 6.07) is 0.575. The third-order valence-electron chi connectivity index (χ3n) is 2.80. The van der Waals surface area contributed by atoms with Gasteiger partial charge in [-0.1, -0.05) is 0 Å². The molecule has 0 aromatic heterocycles. The van der Waals surface area contributed by atoms with Crippen LogP contribution in [0.2, 0.25) is 0 Å². The summed E-state index contributed by atoms with van der Waals surface area (Å²) in [4.78, 5) is 2.49. The highest BCUT2D eigenvalue weighted by Crippen LogP contribution is 2.22. The van der Waals surface area contributed by atoms with Crippen molar-refractivity contribution in [3.05, 3.63) is 0 Å². The van der Waals surface area contributed by atoms with Crippen LogP contribution in [-0.4, -0.2) is 42.3 Å². The molecule has 3 nitrogen and oxygen atoms in total. The summed E-state index contributed by atoms with van der Waals surface area (Å²) in [6.45, 7) is 11.5. The highest BCUT2D eigenvalue weighted by atomic mass is 16.5. The molecular weight excluding hydrogens is 176 g/mol. The Bertz CT molecular complexity index is 182. The molecule has 0 radical (unpaired) electrons. The average molecular weight is 200 g/mol. The van der Waals surface area contributed by atoms with Crippen LogP contribution in [0.3, 0.4) is 0 Å². The van der Waals surface area contributed by atoms with Gasteiger partial charge in [-0.3, -0.25) is 4.90 Å². The van der Waals surface area contributed by atoms with Crippen molar-refractivity contribution in [3.8, 4) is 0 Å². The van der Waals surface area contributed by atoms with Crippen molar-refractivity contribution in [1.29, 1.82) is 0 Å². The first-order chi connectivity index (χ1) is 6.44. The molecule has 1 aliphatic rings. The van der Waals surface area contributed by atoms with Gasteiger partial charge in [-0.05, 0) is 40.7 Å². The van der Waals surface area contributed by atoms with Gasteiger partial charge < -0.3 is 10.5 Å². The molecule has 1 rings (SSSR count). The summed E-state index contributed by atoms with van der Waals surface area (Å²) in [7, 11) is 0. The van der Waals surface area contributed by atoms with Gasteiger partial charge in [0.15, 0.2) is 0 Å². The summed E-state index contributed by atoms with van der Waals surface area (Å²) in [5, 5.41) is 0. The van der Waals surface area contributed by atoms with Gasteiger partial charge in [0, 0.05) is 19.1 Å². The summed E-state index contributed by atoms with van der Waals surface area (Å²) in [6.07, 6.45) is 1.40. The van der Waals surface area contributed by atoms with Gasteiger partial charge in [-0.15, -0.1) is 0 Å². The Labute approximate surface area is 87.6 Å². The SMILES string of the molecule is CC1CN(C(C)CCN)CC(C)(C)O1. The number of ether oxygens (including phenoxy) is 1. The Morgan fingerprint density at radius 1 is 1.57 bits per heavy atom. The molecule has 0 bridgehead atoms. The van der Waals surface area contributed by atoms with E-state index in [0.29, 0.717) is 12.1 Å². The molecule has 0 amide bonds. The number of rotatable bonds is 3. The summed E-state index contributed by atoms with van der Waals surface area (Å²) in [5.41, 5.74) is 5.57. The fourth-order valence-corrected chi connectivity index (χ4v) is 2.26. The lowest BCUT2D eigenvalue weighted by molar-refractivity contribution is -0.136. The number of morpholine rings is 1. The molecule has 1 heterocycles. The van der Waals surface area contributed by atoms with Gasteiger partial charge in [0.05, 0.1) is 11.7 Å². The van der Waals surface area contributed by atoms with E-state index in [1.54, 1.807) is 0 Å². The van der Waals surface area contributed by atoms with Crippen LogP contribution in [0.5, 0.6) is 0 Å². The average Bonchev–Trinajstić information content (AvgIpc) is 2.00. The highest BCUT2D eigenvalue weighted by Gasteiger charge is 2.32. The van der Waals surface area contributed by atoms with E-state index in [1.165, 1.54) is 0 Å². The lowest BCUT2D eigenvalue weighted by Crippen LogP contribution is -2.54. The number of nitrogens with zero attached hydrogens (tertiary/aromatic N) is 1. The van der Waals surface area contributed by atoms with E-state index in [-0.39, 0.29) is 5.60 Å². The molecule has 2 unspecified atom stereocenters. The van der Waals surface area contributed by atoms with Crippen molar-refractivity contribution in [2.75, 3.05) is 19.6 Å².